The van der Waals surface area contributed by atoms with Crippen LogP contribution in [0, 0.1) is 5.82 Å². The molecule has 1 aromatic rings. The first-order chi connectivity index (χ1) is 8.88. The number of halogens is 1. The minimum Gasteiger partial charge on any atom is -0.348 e. The van der Waals surface area contributed by atoms with Crippen molar-refractivity contribution < 1.29 is 18.2 Å². The van der Waals surface area contributed by atoms with Gasteiger partial charge in [-0.05, 0) is 17.7 Å². The zero-order valence-electron chi connectivity index (χ0n) is 10.9. The van der Waals surface area contributed by atoms with Gasteiger partial charge in [0.15, 0.2) is 0 Å². The van der Waals surface area contributed by atoms with Crippen molar-refractivity contribution in [1.29, 1.82) is 0 Å². The van der Waals surface area contributed by atoms with Crippen molar-refractivity contribution in [3.63, 3.8) is 0 Å². The Labute approximate surface area is 114 Å². The van der Waals surface area contributed by atoms with Crippen molar-refractivity contribution in [3.8, 4) is 0 Å². The molecule has 1 atom stereocenters. The molecule has 0 aliphatic heterocycles. The number of carbonyl (C=O) groups excluding carboxylic acids is 2. The third-order valence-corrected chi connectivity index (χ3v) is 3.63. The average Bonchev–Trinajstić information content (AvgIpc) is 2.31. The second kappa shape index (κ2) is 7.13. The van der Waals surface area contributed by atoms with Gasteiger partial charge in [-0.2, -0.15) is 0 Å². The molecular formula is C13H16FNO3S. The van der Waals surface area contributed by atoms with Crippen molar-refractivity contribution in [2.24, 2.45) is 0 Å². The normalized spacial score (nSPS) is 11.9. The zero-order valence-corrected chi connectivity index (χ0v) is 11.7. The van der Waals surface area contributed by atoms with Crippen LogP contribution in [0.15, 0.2) is 24.3 Å². The lowest BCUT2D eigenvalue weighted by molar-refractivity contribution is -0.125. The molecule has 1 unspecified atom stereocenters. The van der Waals surface area contributed by atoms with Crippen molar-refractivity contribution >= 4 is 22.5 Å². The van der Waals surface area contributed by atoms with Crippen molar-refractivity contribution in [2.75, 3.05) is 25.6 Å². The largest absolute Gasteiger partial charge is 0.348 e. The highest BCUT2D eigenvalue weighted by atomic mass is 32.2. The summed E-state index contributed by atoms with van der Waals surface area (Å²) in [6, 6.07) is 5.58. The van der Waals surface area contributed by atoms with E-state index in [0.29, 0.717) is 5.56 Å². The van der Waals surface area contributed by atoms with E-state index in [-0.39, 0.29) is 35.4 Å². The summed E-state index contributed by atoms with van der Waals surface area (Å²) in [5, 5.41) is 0. The lowest BCUT2D eigenvalue weighted by atomic mass is 10.1. The maximum Gasteiger partial charge on any atom is 0.234 e. The number of ketones is 1. The molecular weight excluding hydrogens is 269 g/mol. The summed E-state index contributed by atoms with van der Waals surface area (Å²) in [7, 11) is 1.64. The van der Waals surface area contributed by atoms with E-state index in [0.717, 1.165) is 0 Å². The molecule has 0 spiro atoms. The summed E-state index contributed by atoms with van der Waals surface area (Å²) in [4.78, 5) is 24.3. The molecule has 0 aliphatic rings. The van der Waals surface area contributed by atoms with Gasteiger partial charge in [-0.25, -0.2) is 4.39 Å². The van der Waals surface area contributed by atoms with Crippen LogP contribution in [0.3, 0.4) is 0 Å². The number of rotatable bonds is 6. The molecule has 1 rings (SSSR count). The third-order valence-electron chi connectivity index (χ3n) is 2.42. The van der Waals surface area contributed by atoms with Crippen LogP contribution in [0.2, 0.25) is 0 Å². The molecule has 1 amide bonds. The number of hydrogen-bond donors (Lipinski definition) is 0. The summed E-state index contributed by atoms with van der Waals surface area (Å²) in [6.45, 7) is 0. The minimum absolute atomic E-state index is 0.0994. The molecule has 19 heavy (non-hydrogen) atoms. The second-order valence-corrected chi connectivity index (χ2v) is 5.82. The van der Waals surface area contributed by atoms with Gasteiger partial charge in [-0.3, -0.25) is 13.8 Å². The van der Waals surface area contributed by atoms with Crippen LogP contribution in [-0.2, 0) is 26.8 Å². The van der Waals surface area contributed by atoms with Crippen LogP contribution in [-0.4, -0.2) is 46.4 Å². The standard InChI is InChI=1S/C13H16FNO3S/c1-15(2)13(17)9-19(18)8-12(16)7-10-3-5-11(14)6-4-10/h3-6H,7-9H2,1-2H3. The zero-order chi connectivity index (χ0) is 14.4. The Kier molecular flexibility index (Phi) is 5.82. The number of hydrogen-bond acceptors (Lipinski definition) is 3. The average molecular weight is 285 g/mol. The van der Waals surface area contributed by atoms with Crippen molar-refractivity contribution in [1.82, 2.24) is 4.90 Å². The summed E-state index contributed by atoms with van der Waals surface area (Å²) < 4.78 is 24.3. The summed E-state index contributed by atoms with van der Waals surface area (Å²) in [5.74, 6) is -1.17. The first kappa shape index (κ1) is 15.5. The molecule has 0 saturated carbocycles. The second-order valence-electron chi connectivity index (χ2n) is 4.36. The number of nitrogens with zero attached hydrogens (tertiary/aromatic N) is 1. The van der Waals surface area contributed by atoms with Crippen LogP contribution in [0.25, 0.3) is 0 Å². The van der Waals surface area contributed by atoms with E-state index >= 15 is 0 Å². The Morgan fingerprint density at radius 1 is 1.16 bits per heavy atom. The van der Waals surface area contributed by atoms with Gasteiger partial charge in [0.2, 0.25) is 5.91 Å². The molecule has 0 aliphatic carbocycles. The van der Waals surface area contributed by atoms with E-state index in [2.05, 4.69) is 0 Å². The quantitative estimate of drug-likeness (QED) is 0.776. The molecule has 1 aromatic carbocycles. The Bertz CT molecular complexity index is 485. The first-order valence-corrected chi connectivity index (χ1v) is 7.18. The van der Waals surface area contributed by atoms with E-state index in [1.54, 1.807) is 14.1 Å². The van der Waals surface area contributed by atoms with Crippen LogP contribution >= 0.6 is 0 Å². The van der Waals surface area contributed by atoms with E-state index in [1.807, 2.05) is 0 Å². The Morgan fingerprint density at radius 2 is 1.74 bits per heavy atom. The Hall–Kier alpha value is -1.56. The summed E-state index contributed by atoms with van der Waals surface area (Å²) in [5.41, 5.74) is 0.669. The predicted octanol–water partition coefficient (Wildman–Crippen LogP) is 0.774. The molecule has 0 N–H and O–H groups in total. The first-order valence-electron chi connectivity index (χ1n) is 5.69. The molecule has 0 bridgehead atoms. The van der Waals surface area contributed by atoms with Crippen LogP contribution in [0.5, 0.6) is 0 Å². The van der Waals surface area contributed by atoms with Crippen LogP contribution < -0.4 is 0 Å². The highest BCUT2D eigenvalue weighted by Crippen LogP contribution is 2.04. The number of Topliss-reactive ketones (excluding diaryl/α,β-unsaturated/α-hetero) is 1. The number of carbonyl (C=O) groups is 2. The fraction of sp³-hybridized carbons (Fsp3) is 0.385. The molecule has 0 fully saturated rings. The Morgan fingerprint density at radius 3 is 2.26 bits per heavy atom. The van der Waals surface area contributed by atoms with Gasteiger partial charge >= 0.3 is 0 Å². The van der Waals surface area contributed by atoms with Gasteiger partial charge in [0.1, 0.15) is 17.4 Å². The molecule has 0 radical (unpaired) electrons. The van der Waals surface area contributed by atoms with Gasteiger partial charge in [0.05, 0.1) is 5.75 Å². The lowest BCUT2D eigenvalue weighted by Crippen LogP contribution is -2.29. The monoisotopic (exact) mass is 285 g/mol. The fourth-order valence-corrected chi connectivity index (χ4v) is 2.48. The summed E-state index contributed by atoms with van der Waals surface area (Å²) in [6.07, 6.45) is 0.0994. The maximum absolute atomic E-state index is 12.7. The molecule has 0 aromatic heterocycles. The molecule has 6 heteroatoms. The van der Waals surface area contributed by atoms with E-state index < -0.39 is 10.8 Å². The van der Waals surface area contributed by atoms with E-state index in [1.165, 1.54) is 29.2 Å². The topological polar surface area (TPSA) is 54.5 Å². The van der Waals surface area contributed by atoms with E-state index in [4.69, 9.17) is 0 Å². The van der Waals surface area contributed by atoms with Gasteiger partial charge < -0.3 is 4.90 Å². The molecule has 0 saturated heterocycles. The molecule has 104 valence electrons. The van der Waals surface area contributed by atoms with Gasteiger partial charge in [0, 0.05) is 31.3 Å². The predicted molar refractivity (Wildman–Crippen MR) is 71.7 cm³/mol. The van der Waals surface area contributed by atoms with Gasteiger partial charge in [-0.15, -0.1) is 0 Å². The van der Waals surface area contributed by atoms with Crippen molar-refractivity contribution in [3.05, 3.63) is 35.6 Å². The van der Waals surface area contributed by atoms with Crippen LogP contribution in [0.1, 0.15) is 5.56 Å². The fourth-order valence-electron chi connectivity index (χ4n) is 1.38. The maximum atomic E-state index is 12.7. The smallest absolute Gasteiger partial charge is 0.234 e. The molecule has 4 nitrogen and oxygen atoms in total. The lowest BCUT2D eigenvalue weighted by Gasteiger charge is -2.09. The third kappa shape index (κ3) is 5.74. The molecule has 0 heterocycles. The van der Waals surface area contributed by atoms with Crippen molar-refractivity contribution in [2.45, 2.75) is 6.42 Å². The highest BCUT2D eigenvalue weighted by Gasteiger charge is 2.14. The highest BCUT2D eigenvalue weighted by molar-refractivity contribution is 7.86. The minimum atomic E-state index is -1.49. The van der Waals surface area contributed by atoms with Crippen LogP contribution in [0.4, 0.5) is 4.39 Å². The SMILES string of the molecule is CN(C)C(=O)CS(=O)CC(=O)Cc1ccc(F)cc1. The van der Waals surface area contributed by atoms with Gasteiger partial charge in [0.25, 0.3) is 0 Å². The van der Waals surface area contributed by atoms with Gasteiger partial charge in [-0.1, -0.05) is 12.1 Å². The number of benzene rings is 1. The summed E-state index contributed by atoms with van der Waals surface area (Å²) >= 11 is 0. The number of amides is 1. The Balaban J connectivity index is 2.45. The van der Waals surface area contributed by atoms with E-state index in [9.17, 15) is 18.2 Å².